The SMILES string of the molecule is NCc1ccccc1CS(=O)(=O)NCC1CCCS1(=O)=O. The predicted octanol–water partition coefficient (Wildman–Crippen LogP) is 0.142. The van der Waals surface area contributed by atoms with Crippen LogP contribution in [-0.2, 0) is 32.2 Å². The Bertz CT molecular complexity index is 699. The van der Waals surface area contributed by atoms with Crippen LogP contribution in [0.15, 0.2) is 24.3 Å². The van der Waals surface area contributed by atoms with Gasteiger partial charge in [-0.3, -0.25) is 0 Å². The van der Waals surface area contributed by atoms with E-state index in [0.29, 0.717) is 18.4 Å². The molecule has 1 saturated heterocycles. The standard InChI is InChI=1S/C13H20N2O4S2/c14-8-11-4-1-2-5-12(11)10-21(18,19)15-9-13-6-3-7-20(13,16)17/h1-2,4-5,13,15H,3,6-10,14H2. The molecular formula is C13H20N2O4S2. The van der Waals surface area contributed by atoms with Gasteiger partial charge in [0.05, 0.1) is 16.8 Å². The van der Waals surface area contributed by atoms with Gasteiger partial charge in [-0.15, -0.1) is 0 Å². The molecular weight excluding hydrogens is 312 g/mol. The van der Waals surface area contributed by atoms with Crippen molar-refractivity contribution in [2.75, 3.05) is 12.3 Å². The first kappa shape index (κ1) is 16.4. The molecule has 6 nitrogen and oxygen atoms in total. The van der Waals surface area contributed by atoms with E-state index in [0.717, 1.165) is 5.56 Å². The van der Waals surface area contributed by atoms with Crippen LogP contribution in [0.1, 0.15) is 24.0 Å². The first-order chi connectivity index (χ1) is 9.84. The van der Waals surface area contributed by atoms with Crippen LogP contribution < -0.4 is 10.5 Å². The number of nitrogens with one attached hydrogen (secondary N) is 1. The lowest BCUT2D eigenvalue weighted by molar-refractivity contribution is 0.570. The summed E-state index contributed by atoms with van der Waals surface area (Å²) in [6.07, 6.45) is 1.12. The third-order valence-electron chi connectivity index (χ3n) is 3.68. The van der Waals surface area contributed by atoms with E-state index in [1.54, 1.807) is 24.3 Å². The summed E-state index contributed by atoms with van der Waals surface area (Å²) in [6, 6.07) is 7.06. The normalized spacial score (nSPS) is 21.5. The van der Waals surface area contributed by atoms with E-state index in [2.05, 4.69) is 4.72 Å². The number of hydrogen-bond donors (Lipinski definition) is 2. The molecule has 1 aromatic rings. The number of rotatable bonds is 6. The highest BCUT2D eigenvalue weighted by atomic mass is 32.2. The molecule has 0 bridgehead atoms. The Morgan fingerprint density at radius 1 is 1.24 bits per heavy atom. The topological polar surface area (TPSA) is 106 Å². The van der Waals surface area contributed by atoms with Crippen molar-refractivity contribution in [1.29, 1.82) is 0 Å². The van der Waals surface area contributed by atoms with Gasteiger partial charge in [0.15, 0.2) is 9.84 Å². The molecule has 0 saturated carbocycles. The second-order valence-corrected chi connectivity index (χ2v) is 9.42. The number of sulfone groups is 1. The second kappa shape index (κ2) is 6.43. The minimum absolute atomic E-state index is 0.0462. The zero-order chi connectivity index (χ0) is 15.5. The minimum atomic E-state index is -3.57. The lowest BCUT2D eigenvalue weighted by atomic mass is 10.1. The molecule has 1 aliphatic rings. The molecule has 1 atom stereocenters. The average molecular weight is 332 g/mol. The maximum Gasteiger partial charge on any atom is 0.215 e. The van der Waals surface area contributed by atoms with Gasteiger partial charge in [-0.05, 0) is 24.0 Å². The Hall–Kier alpha value is -0.960. The quantitative estimate of drug-likeness (QED) is 0.771. The van der Waals surface area contributed by atoms with Crippen molar-refractivity contribution in [3.05, 3.63) is 35.4 Å². The second-order valence-electron chi connectivity index (χ2n) is 5.21. The lowest BCUT2D eigenvalue weighted by Gasteiger charge is -2.12. The number of benzene rings is 1. The summed E-state index contributed by atoms with van der Waals surface area (Å²) in [4.78, 5) is 0. The van der Waals surface area contributed by atoms with Crippen LogP contribution in [0.5, 0.6) is 0 Å². The Balaban J connectivity index is 2.02. The number of nitrogens with two attached hydrogens (primary N) is 1. The predicted molar refractivity (Wildman–Crippen MR) is 81.8 cm³/mol. The molecule has 118 valence electrons. The van der Waals surface area contributed by atoms with E-state index in [9.17, 15) is 16.8 Å². The van der Waals surface area contributed by atoms with E-state index in [1.165, 1.54) is 0 Å². The molecule has 1 heterocycles. The van der Waals surface area contributed by atoms with Gasteiger partial charge in [-0.1, -0.05) is 24.3 Å². The van der Waals surface area contributed by atoms with Gasteiger partial charge < -0.3 is 5.73 Å². The lowest BCUT2D eigenvalue weighted by Crippen LogP contribution is -2.35. The van der Waals surface area contributed by atoms with Crippen molar-refractivity contribution in [2.24, 2.45) is 5.73 Å². The van der Waals surface area contributed by atoms with Crippen molar-refractivity contribution in [3.8, 4) is 0 Å². The first-order valence-corrected chi connectivity index (χ1v) is 10.2. The molecule has 21 heavy (non-hydrogen) atoms. The summed E-state index contributed by atoms with van der Waals surface area (Å²) < 4.78 is 50.0. The van der Waals surface area contributed by atoms with E-state index in [1.807, 2.05) is 0 Å². The van der Waals surface area contributed by atoms with E-state index < -0.39 is 25.1 Å². The molecule has 2 rings (SSSR count). The van der Waals surface area contributed by atoms with Gasteiger partial charge >= 0.3 is 0 Å². The zero-order valence-electron chi connectivity index (χ0n) is 11.7. The van der Waals surface area contributed by atoms with Crippen LogP contribution in [0.2, 0.25) is 0 Å². The van der Waals surface area contributed by atoms with Gasteiger partial charge in [0.2, 0.25) is 10.0 Å². The Labute approximate surface area is 125 Å². The maximum absolute atomic E-state index is 12.1. The summed E-state index contributed by atoms with van der Waals surface area (Å²) in [6.45, 7) is 0.220. The zero-order valence-corrected chi connectivity index (χ0v) is 13.3. The van der Waals surface area contributed by atoms with Crippen molar-refractivity contribution in [2.45, 2.75) is 30.4 Å². The monoisotopic (exact) mass is 332 g/mol. The van der Waals surface area contributed by atoms with Crippen molar-refractivity contribution >= 4 is 19.9 Å². The molecule has 0 aliphatic carbocycles. The molecule has 1 aliphatic heterocycles. The Morgan fingerprint density at radius 2 is 1.90 bits per heavy atom. The minimum Gasteiger partial charge on any atom is -0.326 e. The van der Waals surface area contributed by atoms with Crippen LogP contribution in [0.4, 0.5) is 0 Å². The first-order valence-electron chi connectivity index (χ1n) is 6.80. The summed E-state index contributed by atoms with van der Waals surface area (Å²) >= 11 is 0. The fraction of sp³-hybridized carbons (Fsp3) is 0.538. The van der Waals surface area contributed by atoms with Gasteiger partial charge in [0.25, 0.3) is 0 Å². The molecule has 1 fully saturated rings. The highest BCUT2D eigenvalue weighted by Gasteiger charge is 2.32. The molecule has 3 N–H and O–H groups in total. The largest absolute Gasteiger partial charge is 0.326 e. The summed E-state index contributed by atoms with van der Waals surface area (Å²) in [5.74, 6) is -0.0391. The highest BCUT2D eigenvalue weighted by Crippen LogP contribution is 2.19. The molecule has 0 aromatic heterocycles. The molecule has 0 spiro atoms. The van der Waals surface area contributed by atoms with E-state index in [-0.39, 0.29) is 24.6 Å². The smallest absolute Gasteiger partial charge is 0.215 e. The van der Waals surface area contributed by atoms with Crippen LogP contribution in [0, 0.1) is 0 Å². The molecule has 0 amide bonds. The average Bonchev–Trinajstić information content (AvgIpc) is 2.76. The number of hydrogen-bond acceptors (Lipinski definition) is 5. The van der Waals surface area contributed by atoms with Crippen LogP contribution >= 0.6 is 0 Å². The summed E-state index contributed by atoms with van der Waals surface area (Å²) in [5, 5.41) is -0.600. The van der Waals surface area contributed by atoms with E-state index >= 15 is 0 Å². The van der Waals surface area contributed by atoms with Gasteiger partial charge in [0, 0.05) is 13.1 Å². The van der Waals surface area contributed by atoms with Gasteiger partial charge in [0.1, 0.15) is 0 Å². The maximum atomic E-state index is 12.1. The number of sulfonamides is 1. The fourth-order valence-corrected chi connectivity index (χ4v) is 5.58. The Kier molecular flexibility index (Phi) is 5.03. The molecule has 0 radical (unpaired) electrons. The molecule has 1 unspecified atom stereocenters. The van der Waals surface area contributed by atoms with Crippen molar-refractivity contribution < 1.29 is 16.8 Å². The summed E-state index contributed by atoms with van der Waals surface area (Å²) in [7, 11) is -6.72. The third kappa shape index (κ3) is 4.26. The van der Waals surface area contributed by atoms with E-state index in [4.69, 9.17) is 5.73 Å². The van der Waals surface area contributed by atoms with Gasteiger partial charge in [-0.25, -0.2) is 21.6 Å². The van der Waals surface area contributed by atoms with Crippen molar-refractivity contribution in [1.82, 2.24) is 4.72 Å². The van der Waals surface area contributed by atoms with Gasteiger partial charge in [-0.2, -0.15) is 0 Å². The molecule has 8 heteroatoms. The van der Waals surface area contributed by atoms with Crippen molar-refractivity contribution in [3.63, 3.8) is 0 Å². The van der Waals surface area contributed by atoms with Crippen LogP contribution in [-0.4, -0.2) is 34.4 Å². The molecule has 1 aromatic carbocycles. The summed E-state index contributed by atoms with van der Waals surface area (Å²) in [5.41, 5.74) is 7.00. The van der Waals surface area contributed by atoms with Crippen LogP contribution in [0.3, 0.4) is 0 Å². The Morgan fingerprint density at radius 3 is 2.48 bits per heavy atom. The third-order valence-corrected chi connectivity index (χ3v) is 7.25. The fourth-order valence-electron chi connectivity index (χ4n) is 2.46. The van der Waals surface area contributed by atoms with Crippen LogP contribution in [0.25, 0.3) is 0 Å². The highest BCUT2D eigenvalue weighted by molar-refractivity contribution is 7.92.